The minimum Gasteiger partial charge on any atom is -0.493 e. The average molecular weight is 283 g/mol. The van der Waals surface area contributed by atoms with Crippen molar-refractivity contribution < 1.29 is 24.0 Å². The van der Waals surface area contributed by atoms with Crippen LogP contribution < -0.4 is 20.3 Å². The Morgan fingerprint density at radius 1 is 1.20 bits per heavy atom. The molecule has 0 aliphatic rings. The number of methoxy groups -OCH3 is 2. The van der Waals surface area contributed by atoms with E-state index in [2.05, 4.69) is 10.9 Å². The van der Waals surface area contributed by atoms with Gasteiger partial charge in [0.05, 0.1) is 24.7 Å². The highest BCUT2D eigenvalue weighted by Crippen LogP contribution is 2.37. The zero-order valence-corrected chi connectivity index (χ0v) is 11.1. The predicted octanol–water partition coefficient (Wildman–Crippen LogP) is 0.393. The van der Waals surface area contributed by atoms with Crippen molar-refractivity contribution in [2.75, 3.05) is 14.2 Å². The third kappa shape index (κ3) is 3.34. The van der Waals surface area contributed by atoms with E-state index in [0.717, 1.165) is 6.07 Å². The maximum atomic E-state index is 11.7. The van der Waals surface area contributed by atoms with Crippen LogP contribution in [0.5, 0.6) is 11.5 Å². The van der Waals surface area contributed by atoms with Crippen molar-refractivity contribution in [3.63, 3.8) is 0 Å². The SMILES string of the molecule is COc1cc(C(=O)NNC(C)=O)cc([N+](=O)[O-])c1OC. The lowest BCUT2D eigenvalue weighted by molar-refractivity contribution is -0.385. The van der Waals surface area contributed by atoms with Gasteiger partial charge in [0.25, 0.3) is 5.91 Å². The number of ether oxygens (including phenoxy) is 2. The molecule has 1 aromatic carbocycles. The van der Waals surface area contributed by atoms with Crippen LogP contribution in [-0.4, -0.2) is 31.0 Å². The quantitative estimate of drug-likeness (QED) is 0.609. The van der Waals surface area contributed by atoms with E-state index in [1.54, 1.807) is 0 Å². The van der Waals surface area contributed by atoms with E-state index in [9.17, 15) is 19.7 Å². The van der Waals surface area contributed by atoms with Crippen LogP contribution in [0, 0.1) is 10.1 Å². The van der Waals surface area contributed by atoms with Gasteiger partial charge in [-0.2, -0.15) is 0 Å². The minimum absolute atomic E-state index is 0.0367. The van der Waals surface area contributed by atoms with Gasteiger partial charge in [0, 0.05) is 13.0 Å². The minimum atomic E-state index is -0.718. The van der Waals surface area contributed by atoms with Gasteiger partial charge >= 0.3 is 5.69 Å². The Labute approximate surface area is 114 Å². The molecule has 2 N–H and O–H groups in total. The summed E-state index contributed by atoms with van der Waals surface area (Å²) >= 11 is 0. The molecule has 0 aliphatic carbocycles. The first-order chi connectivity index (χ1) is 9.40. The molecule has 0 aromatic heterocycles. The van der Waals surface area contributed by atoms with E-state index in [1.165, 1.54) is 27.2 Å². The lowest BCUT2D eigenvalue weighted by atomic mass is 10.1. The van der Waals surface area contributed by atoms with Gasteiger partial charge in [-0.15, -0.1) is 0 Å². The van der Waals surface area contributed by atoms with Crippen molar-refractivity contribution in [1.29, 1.82) is 0 Å². The van der Waals surface area contributed by atoms with Gasteiger partial charge in [0.15, 0.2) is 5.75 Å². The first-order valence-electron chi connectivity index (χ1n) is 5.38. The molecule has 0 heterocycles. The highest BCUT2D eigenvalue weighted by molar-refractivity contribution is 5.96. The Kier molecular flexibility index (Phi) is 4.84. The highest BCUT2D eigenvalue weighted by Gasteiger charge is 2.23. The number of nitro benzene ring substituents is 1. The van der Waals surface area contributed by atoms with Crippen molar-refractivity contribution >= 4 is 17.5 Å². The van der Waals surface area contributed by atoms with E-state index in [0.29, 0.717) is 0 Å². The molecule has 0 saturated heterocycles. The Hall–Kier alpha value is -2.84. The number of hydrogen-bond donors (Lipinski definition) is 2. The van der Waals surface area contributed by atoms with Crippen molar-refractivity contribution in [1.82, 2.24) is 10.9 Å². The van der Waals surface area contributed by atoms with E-state index in [4.69, 9.17) is 9.47 Å². The molecule has 9 nitrogen and oxygen atoms in total. The molecule has 108 valence electrons. The molecule has 1 aromatic rings. The van der Waals surface area contributed by atoms with Gasteiger partial charge in [-0.25, -0.2) is 0 Å². The van der Waals surface area contributed by atoms with Crippen LogP contribution >= 0.6 is 0 Å². The van der Waals surface area contributed by atoms with Gasteiger partial charge < -0.3 is 9.47 Å². The average Bonchev–Trinajstić information content (AvgIpc) is 2.42. The zero-order valence-electron chi connectivity index (χ0n) is 11.1. The fourth-order valence-electron chi connectivity index (χ4n) is 1.43. The number of hydrazine groups is 1. The molecule has 0 aliphatic heterocycles. The van der Waals surface area contributed by atoms with Crippen LogP contribution in [0.3, 0.4) is 0 Å². The molecule has 20 heavy (non-hydrogen) atoms. The second-order valence-electron chi connectivity index (χ2n) is 3.62. The van der Waals surface area contributed by atoms with E-state index in [1.807, 2.05) is 0 Å². The summed E-state index contributed by atoms with van der Waals surface area (Å²) in [5.74, 6) is -1.25. The number of nitrogens with zero attached hydrogens (tertiary/aromatic N) is 1. The van der Waals surface area contributed by atoms with Crippen LogP contribution in [-0.2, 0) is 4.79 Å². The lowest BCUT2D eigenvalue weighted by Crippen LogP contribution is -2.40. The highest BCUT2D eigenvalue weighted by atomic mass is 16.6. The van der Waals surface area contributed by atoms with E-state index < -0.39 is 22.4 Å². The molecule has 0 spiro atoms. The first-order valence-corrected chi connectivity index (χ1v) is 5.38. The van der Waals surface area contributed by atoms with Crippen LogP contribution in [0.25, 0.3) is 0 Å². The van der Waals surface area contributed by atoms with Gasteiger partial charge in [-0.1, -0.05) is 0 Å². The number of benzene rings is 1. The summed E-state index contributed by atoms with van der Waals surface area (Å²) < 4.78 is 9.84. The summed E-state index contributed by atoms with van der Waals surface area (Å²) in [6, 6.07) is 2.29. The molecule has 0 radical (unpaired) electrons. The summed E-state index contributed by atoms with van der Waals surface area (Å²) in [4.78, 5) is 32.7. The van der Waals surface area contributed by atoms with Crippen molar-refractivity contribution in [3.8, 4) is 11.5 Å². The van der Waals surface area contributed by atoms with Crippen LogP contribution in [0.1, 0.15) is 17.3 Å². The molecule has 2 amide bonds. The number of rotatable bonds is 4. The molecule has 0 atom stereocenters. The molecule has 0 bridgehead atoms. The molecule has 1 rings (SSSR count). The van der Waals surface area contributed by atoms with Gasteiger partial charge in [0.2, 0.25) is 11.7 Å². The van der Waals surface area contributed by atoms with E-state index >= 15 is 0 Å². The van der Waals surface area contributed by atoms with Crippen molar-refractivity contribution in [2.24, 2.45) is 0 Å². The zero-order chi connectivity index (χ0) is 15.3. The fraction of sp³-hybridized carbons (Fsp3) is 0.273. The summed E-state index contributed by atoms with van der Waals surface area (Å²) in [6.07, 6.45) is 0. The monoisotopic (exact) mass is 283 g/mol. The van der Waals surface area contributed by atoms with E-state index in [-0.39, 0.29) is 17.1 Å². The van der Waals surface area contributed by atoms with Crippen molar-refractivity contribution in [2.45, 2.75) is 6.92 Å². The second-order valence-corrected chi connectivity index (χ2v) is 3.62. The number of carbonyl (C=O) groups is 2. The molecule has 9 heteroatoms. The third-order valence-electron chi connectivity index (χ3n) is 2.27. The summed E-state index contributed by atoms with van der Waals surface area (Å²) in [5.41, 5.74) is 3.70. The predicted molar refractivity (Wildman–Crippen MR) is 67.5 cm³/mol. The van der Waals surface area contributed by atoms with Gasteiger partial charge in [0.1, 0.15) is 0 Å². The van der Waals surface area contributed by atoms with Gasteiger partial charge in [-0.05, 0) is 6.07 Å². The Bertz CT molecular complexity index is 557. The van der Waals surface area contributed by atoms with Crippen LogP contribution in [0.15, 0.2) is 12.1 Å². The van der Waals surface area contributed by atoms with Crippen LogP contribution in [0.2, 0.25) is 0 Å². The molecule has 0 saturated carbocycles. The van der Waals surface area contributed by atoms with Crippen LogP contribution in [0.4, 0.5) is 5.69 Å². The second kappa shape index (κ2) is 6.36. The molecule has 0 unspecified atom stereocenters. The Morgan fingerprint density at radius 2 is 1.85 bits per heavy atom. The maximum Gasteiger partial charge on any atom is 0.315 e. The molecular weight excluding hydrogens is 270 g/mol. The largest absolute Gasteiger partial charge is 0.493 e. The third-order valence-corrected chi connectivity index (χ3v) is 2.27. The summed E-state index contributed by atoms with van der Waals surface area (Å²) in [5, 5.41) is 11.0. The number of nitro groups is 1. The summed E-state index contributed by atoms with van der Waals surface area (Å²) in [7, 11) is 2.54. The topological polar surface area (TPSA) is 120 Å². The first kappa shape index (κ1) is 15.2. The number of carbonyl (C=O) groups excluding carboxylic acids is 2. The smallest absolute Gasteiger partial charge is 0.315 e. The maximum absolute atomic E-state index is 11.7. The molecule has 0 fully saturated rings. The summed E-state index contributed by atoms with van der Waals surface area (Å²) in [6.45, 7) is 1.21. The van der Waals surface area contributed by atoms with Crippen molar-refractivity contribution in [3.05, 3.63) is 27.8 Å². The normalized spacial score (nSPS) is 9.55. The molecular formula is C11H13N3O6. The Balaban J connectivity index is 3.21. The number of hydrogen-bond acceptors (Lipinski definition) is 6. The Morgan fingerprint density at radius 3 is 2.30 bits per heavy atom. The lowest BCUT2D eigenvalue weighted by Gasteiger charge is -2.10. The number of nitrogens with one attached hydrogen (secondary N) is 2. The number of amides is 2. The fourth-order valence-corrected chi connectivity index (χ4v) is 1.43. The standard InChI is InChI=1S/C11H13N3O6/c1-6(15)12-13-11(16)7-4-8(14(17)18)10(20-3)9(5-7)19-2/h4-5H,1-3H3,(H,12,15)(H,13,16). The van der Waals surface area contributed by atoms with Gasteiger partial charge in [-0.3, -0.25) is 30.6 Å².